The number of benzene rings is 5. The number of aromatic nitrogens is 9. The molecule has 0 aliphatic heterocycles. The van der Waals surface area contributed by atoms with Crippen molar-refractivity contribution in [2.24, 2.45) is 0 Å². The minimum absolute atomic E-state index is 0.0406. The molecular weight excluding hydrogens is 883 g/mol. The van der Waals surface area contributed by atoms with Crippen molar-refractivity contribution in [3.05, 3.63) is 165 Å². The second kappa shape index (κ2) is 20.2. The lowest BCUT2D eigenvalue weighted by Gasteiger charge is -2.19. The number of fused-ring (bicyclic) bond motifs is 3. The monoisotopic (exact) mass is 958 g/mol. The van der Waals surface area contributed by atoms with E-state index >= 15 is 0 Å². The molecule has 0 aliphatic rings. The highest BCUT2D eigenvalue weighted by Crippen LogP contribution is 2.30. The van der Waals surface area contributed by atoms with Gasteiger partial charge in [0, 0.05) is 6.54 Å². The molecule has 0 bridgehead atoms. The lowest BCUT2D eigenvalue weighted by molar-refractivity contribution is 0.580. The average Bonchev–Trinajstić information content (AvgIpc) is 3.35. The van der Waals surface area contributed by atoms with Crippen LogP contribution in [0.25, 0.3) is 32.7 Å². The third kappa shape index (κ3) is 9.03. The zero-order chi connectivity index (χ0) is 53.1. The van der Waals surface area contributed by atoms with Crippen LogP contribution in [0.15, 0.2) is 14.4 Å². The first-order valence-electron chi connectivity index (χ1n) is 24.8. The van der Waals surface area contributed by atoms with Crippen LogP contribution < -0.4 is 16.7 Å². The molecule has 0 saturated carbocycles. The topological polar surface area (TPSA) is 143 Å². The van der Waals surface area contributed by atoms with Crippen molar-refractivity contribution in [1.29, 1.82) is 0 Å². The van der Waals surface area contributed by atoms with E-state index in [-0.39, 0.29) is 16.7 Å². The lowest BCUT2D eigenvalue weighted by atomic mass is 9.89. The van der Waals surface area contributed by atoms with Crippen molar-refractivity contribution in [2.45, 2.75) is 179 Å². The van der Waals surface area contributed by atoms with Gasteiger partial charge in [0.2, 0.25) is 0 Å². The molecule has 8 aromatic rings. The number of hydrogen-bond donors (Lipinski definition) is 0. The summed E-state index contributed by atoms with van der Waals surface area (Å²) in [6.45, 7) is 49.2. The van der Waals surface area contributed by atoms with E-state index in [1.165, 1.54) is 103 Å². The zero-order valence-electron chi connectivity index (χ0n) is 46.9. The van der Waals surface area contributed by atoms with Crippen LogP contribution in [0, 0.1) is 152 Å². The van der Waals surface area contributed by atoms with Gasteiger partial charge in [0.25, 0.3) is 16.7 Å². The predicted molar refractivity (Wildman–Crippen MR) is 292 cm³/mol. The summed E-state index contributed by atoms with van der Waals surface area (Å²) in [7, 11) is 0. The molecule has 0 radical (unpaired) electrons. The molecule has 71 heavy (non-hydrogen) atoms. The van der Waals surface area contributed by atoms with Crippen molar-refractivity contribution in [3.8, 4) is 0 Å². The van der Waals surface area contributed by atoms with Crippen LogP contribution >= 0.6 is 0 Å². The van der Waals surface area contributed by atoms with Crippen molar-refractivity contribution in [2.75, 3.05) is 0 Å². The van der Waals surface area contributed by atoms with E-state index in [2.05, 4.69) is 135 Å². The molecule has 12 heteroatoms. The Balaban J connectivity index is 0.000000179. The summed E-state index contributed by atoms with van der Waals surface area (Å²) in [4.78, 5) is 38.8. The van der Waals surface area contributed by atoms with Gasteiger partial charge in [-0.25, -0.2) is 14.0 Å². The Kier molecular flexibility index (Phi) is 15.3. The number of aryl methyl sites for hydroxylation is 7. The quantitative estimate of drug-likeness (QED) is 0.165. The summed E-state index contributed by atoms with van der Waals surface area (Å²) in [5, 5.41) is 27.7. The molecule has 8 rings (SSSR count). The fourth-order valence-electron chi connectivity index (χ4n) is 10.2. The van der Waals surface area contributed by atoms with E-state index in [1.807, 2.05) is 55.4 Å². The highest BCUT2D eigenvalue weighted by molar-refractivity contribution is 5.88. The van der Waals surface area contributed by atoms with Gasteiger partial charge in [-0.1, -0.05) is 15.6 Å². The van der Waals surface area contributed by atoms with E-state index in [9.17, 15) is 14.4 Å². The minimum Gasteiger partial charge on any atom is -0.267 e. The summed E-state index contributed by atoms with van der Waals surface area (Å²) in [5.74, 6) is 0. The van der Waals surface area contributed by atoms with Crippen LogP contribution in [0.5, 0.6) is 0 Å². The lowest BCUT2D eigenvalue weighted by Crippen LogP contribution is -2.27. The molecule has 0 fully saturated rings. The molecule has 374 valence electrons. The van der Waals surface area contributed by atoms with Gasteiger partial charge in [-0.2, -0.15) is 0 Å². The molecule has 0 N–H and O–H groups in total. The molecule has 0 spiro atoms. The SMILES string of the molecule is CCn1nnc2c(C)c(C)c(C)c(C)c2c1=O.Cc1c(C)c(C)c(Cn2nnc3c(C)c(C)c(C)c(C)c3c2=O)c(C)c1C.Cc1c(C)c(C)c(Cn2nnc3c(C)c(C)c(C)c(C)c3c2=O)c(C)c1C. The standard InChI is InChI=1S/2C23H29N3O.C13H17N3O/c2*1-11-12(2)16(6)20(17(7)13(11)3)10-26-23(27)21-18(8)14(4)15(5)19(9)22(21)24-25-26;1-6-16-13(17)11-9(4)7(2)8(3)10(5)12(11)14-15-16/h2*10H2,1-9H3;6H2,1-5H3. The highest BCUT2D eigenvalue weighted by atomic mass is 16.1. The highest BCUT2D eigenvalue weighted by Gasteiger charge is 2.21. The Hall–Kier alpha value is -6.69. The average molecular weight is 958 g/mol. The number of rotatable bonds is 5. The second-order valence-electron chi connectivity index (χ2n) is 20.2. The van der Waals surface area contributed by atoms with Crippen LogP contribution in [0.2, 0.25) is 0 Å². The van der Waals surface area contributed by atoms with Crippen molar-refractivity contribution < 1.29 is 0 Å². The third-order valence-electron chi connectivity index (χ3n) is 17.3. The van der Waals surface area contributed by atoms with E-state index in [1.54, 1.807) is 0 Å². The first kappa shape index (κ1) is 53.7. The molecule has 0 amide bonds. The molecule has 3 aromatic heterocycles. The molecular formula is C59H75N9O3. The number of hydrogen-bond acceptors (Lipinski definition) is 9. The fourth-order valence-corrected chi connectivity index (χ4v) is 10.2. The van der Waals surface area contributed by atoms with Gasteiger partial charge in [0.15, 0.2) is 0 Å². The summed E-state index contributed by atoms with van der Waals surface area (Å²) in [5.41, 5.74) is 30.3. The van der Waals surface area contributed by atoms with E-state index in [0.29, 0.717) is 35.8 Å². The minimum atomic E-state index is -0.0571. The van der Waals surface area contributed by atoms with Gasteiger partial charge in [-0.3, -0.25) is 14.4 Å². The maximum Gasteiger partial charge on any atom is 0.278 e. The maximum atomic E-state index is 13.3. The van der Waals surface area contributed by atoms with Crippen LogP contribution in [-0.2, 0) is 19.6 Å². The molecule has 0 aliphatic carbocycles. The number of nitrogens with zero attached hydrogens (tertiary/aromatic N) is 9. The Labute approximate surface area is 419 Å². The van der Waals surface area contributed by atoms with Crippen molar-refractivity contribution in [1.82, 2.24) is 45.0 Å². The van der Waals surface area contributed by atoms with Gasteiger partial charge >= 0.3 is 0 Å². The first-order chi connectivity index (χ1) is 33.1. The Morgan fingerprint density at radius 2 is 0.465 bits per heavy atom. The smallest absolute Gasteiger partial charge is 0.267 e. The fraction of sp³-hybridized carbons (Fsp3) is 0.441. The van der Waals surface area contributed by atoms with Gasteiger partial charge in [0.1, 0.15) is 16.6 Å². The van der Waals surface area contributed by atoms with Gasteiger partial charge in [-0.05, 0) is 293 Å². The molecule has 3 heterocycles. The van der Waals surface area contributed by atoms with E-state index in [0.717, 1.165) is 61.1 Å². The maximum absolute atomic E-state index is 13.3. The largest absolute Gasteiger partial charge is 0.278 e. The van der Waals surface area contributed by atoms with E-state index < -0.39 is 0 Å². The summed E-state index contributed by atoms with van der Waals surface area (Å²) in [6, 6.07) is 0. The van der Waals surface area contributed by atoms with Crippen LogP contribution in [0.3, 0.4) is 0 Å². The van der Waals surface area contributed by atoms with Crippen LogP contribution in [0.1, 0.15) is 140 Å². The zero-order valence-corrected chi connectivity index (χ0v) is 46.9. The molecule has 0 unspecified atom stereocenters. The van der Waals surface area contributed by atoms with Crippen LogP contribution in [0.4, 0.5) is 0 Å². The van der Waals surface area contributed by atoms with Crippen LogP contribution in [-0.4, -0.2) is 45.0 Å². The Morgan fingerprint density at radius 1 is 0.268 bits per heavy atom. The van der Waals surface area contributed by atoms with E-state index in [4.69, 9.17) is 0 Å². The molecule has 0 saturated heterocycles. The Morgan fingerprint density at radius 3 is 0.718 bits per heavy atom. The predicted octanol–water partition coefficient (Wildman–Crippen LogP) is 11.3. The summed E-state index contributed by atoms with van der Waals surface area (Å²) < 4.78 is 4.45. The summed E-state index contributed by atoms with van der Waals surface area (Å²) >= 11 is 0. The third-order valence-corrected chi connectivity index (χ3v) is 17.3. The second-order valence-corrected chi connectivity index (χ2v) is 20.2. The van der Waals surface area contributed by atoms with Crippen molar-refractivity contribution in [3.63, 3.8) is 0 Å². The van der Waals surface area contributed by atoms with Gasteiger partial charge < -0.3 is 0 Å². The summed E-state index contributed by atoms with van der Waals surface area (Å²) in [6.07, 6.45) is 0. The van der Waals surface area contributed by atoms with Gasteiger partial charge in [-0.15, -0.1) is 15.3 Å². The first-order valence-corrected chi connectivity index (χ1v) is 24.8. The molecule has 0 atom stereocenters. The van der Waals surface area contributed by atoms with Crippen molar-refractivity contribution >= 4 is 32.7 Å². The normalized spacial score (nSPS) is 11.4. The van der Waals surface area contributed by atoms with Gasteiger partial charge in [0.05, 0.1) is 29.2 Å². The molecule has 5 aromatic carbocycles. The Bertz CT molecular complexity index is 3480. The molecule has 12 nitrogen and oxygen atoms in total.